The number of β-amino-alcohol motifs (C(OH)–C–C–N with tert-alkyl or cyclic N) is 1. The maximum Gasteiger partial charge on any atom is 0.317 e. The minimum absolute atomic E-state index is 0.0343. The normalized spacial score (nSPS) is 25.1. The van der Waals surface area contributed by atoms with E-state index in [2.05, 4.69) is 17.3 Å². The van der Waals surface area contributed by atoms with Crippen molar-refractivity contribution in [3.05, 3.63) is 0 Å². The van der Waals surface area contributed by atoms with Crippen molar-refractivity contribution in [2.24, 2.45) is 0 Å². The van der Waals surface area contributed by atoms with Crippen LogP contribution in [0.5, 0.6) is 0 Å². The van der Waals surface area contributed by atoms with Gasteiger partial charge in [0.2, 0.25) is 0 Å². The Kier molecular flexibility index (Phi) is 4.23. The van der Waals surface area contributed by atoms with Crippen LogP contribution in [0.3, 0.4) is 0 Å². The Morgan fingerprint density at radius 1 is 1.47 bits per heavy atom. The van der Waals surface area contributed by atoms with Gasteiger partial charge in [-0.1, -0.05) is 0 Å². The Hall–Kier alpha value is -0.810. The van der Waals surface area contributed by atoms with Crippen molar-refractivity contribution in [3.63, 3.8) is 0 Å². The second-order valence-electron chi connectivity index (χ2n) is 5.19. The molecular weight excluding hydrogens is 218 g/mol. The van der Waals surface area contributed by atoms with E-state index in [0.29, 0.717) is 13.1 Å². The van der Waals surface area contributed by atoms with Crippen molar-refractivity contribution >= 4 is 6.03 Å². The number of nitrogens with one attached hydrogen (secondary N) is 1. The molecule has 17 heavy (non-hydrogen) atoms. The molecule has 1 atom stereocenters. The highest BCUT2D eigenvalue weighted by atomic mass is 16.3. The number of carbonyl (C=O) groups is 1. The molecule has 1 saturated heterocycles. The fourth-order valence-corrected chi connectivity index (χ4v) is 2.29. The van der Waals surface area contributed by atoms with Gasteiger partial charge in [0.15, 0.2) is 0 Å². The van der Waals surface area contributed by atoms with Crippen LogP contribution in [-0.4, -0.2) is 66.3 Å². The Bertz CT molecular complexity index is 268. The maximum absolute atomic E-state index is 11.8. The Labute approximate surface area is 103 Å². The van der Waals surface area contributed by atoms with E-state index in [-0.39, 0.29) is 12.1 Å². The zero-order valence-electron chi connectivity index (χ0n) is 10.6. The topological polar surface area (TPSA) is 55.8 Å². The molecule has 0 spiro atoms. The van der Waals surface area contributed by atoms with Gasteiger partial charge in [-0.25, -0.2) is 4.79 Å². The van der Waals surface area contributed by atoms with Crippen LogP contribution in [0.1, 0.15) is 25.7 Å². The molecule has 2 rings (SSSR count). The van der Waals surface area contributed by atoms with Gasteiger partial charge in [0.25, 0.3) is 0 Å². The molecule has 1 heterocycles. The number of aliphatic hydroxyl groups is 1. The van der Waals surface area contributed by atoms with E-state index in [4.69, 9.17) is 0 Å². The number of likely N-dealkylation sites (tertiary alicyclic amines) is 1. The minimum atomic E-state index is -0.344. The molecule has 1 aliphatic heterocycles. The molecule has 0 radical (unpaired) electrons. The fraction of sp³-hybridized carbons (Fsp3) is 0.917. The van der Waals surface area contributed by atoms with Crippen molar-refractivity contribution in [1.29, 1.82) is 0 Å². The summed E-state index contributed by atoms with van der Waals surface area (Å²) in [4.78, 5) is 15.8. The van der Waals surface area contributed by atoms with Crippen LogP contribution in [0, 0.1) is 0 Å². The van der Waals surface area contributed by atoms with Gasteiger partial charge < -0.3 is 20.2 Å². The second kappa shape index (κ2) is 5.69. The smallest absolute Gasteiger partial charge is 0.317 e. The number of amides is 2. The highest BCUT2D eigenvalue weighted by Gasteiger charge is 2.26. The molecular formula is C12H23N3O2. The summed E-state index contributed by atoms with van der Waals surface area (Å²) in [7, 11) is 2.11. The molecule has 0 bridgehead atoms. The number of hydrogen-bond donors (Lipinski definition) is 2. The first-order chi connectivity index (χ1) is 8.16. The number of carbonyl (C=O) groups excluding carboxylic acids is 1. The summed E-state index contributed by atoms with van der Waals surface area (Å²) in [6.07, 6.45) is 3.96. The van der Waals surface area contributed by atoms with Crippen molar-refractivity contribution in [2.45, 2.75) is 37.8 Å². The quantitative estimate of drug-likeness (QED) is 0.741. The summed E-state index contributed by atoms with van der Waals surface area (Å²) in [5.74, 6) is 0. The third-order valence-electron chi connectivity index (χ3n) is 3.59. The lowest BCUT2D eigenvalue weighted by molar-refractivity contribution is 0.0841. The maximum atomic E-state index is 11.8. The number of aliphatic hydroxyl groups excluding tert-OH is 1. The van der Waals surface area contributed by atoms with Crippen LogP contribution in [-0.2, 0) is 0 Å². The molecule has 1 unspecified atom stereocenters. The average molecular weight is 241 g/mol. The first-order valence-corrected chi connectivity index (χ1v) is 6.58. The Morgan fingerprint density at radius 2 is 2.24 bits per heavy atom. The summed E-state index contributed by atoms with van der Waals surface area (Å²) in [6.45, 7) is 2.84. The second-order valence-corrected chi connectivity index (χ2v) is 5.19. The first kappa shape index (κ1) is 12.6. The molecule has 1 saturated carbocycles. The van der Waals surface area contributed by atoms with Crippen LogP contribution >= 0.6 is 0 Å². The van der Waals surface area contributed by atoms with Gasteiger partial charge >= 0.3 is 6.03 Å². The SMILES string of the molecule is CN(CCNC(=O)N1CCCC(O)C1)C1CC1. The molecule has 0 aromatic heterocycles. The van der Waals surface area contributed by atoms with Crippen LogP contribution in [0.4, 0.5) is 4.79 Å². The van der Waals surface area contributed by atoms with E-state index in [0.717, 1.165) is 32.0 Å². The number of nitrogens with zero attached hydrogens (tertiary/aromatic N) is 2. The number of likely N-dealkylation sites (N-methyl/N-ethyl adjacent to an activating group) is 1. The summed E-state index contributed by atoms with van der Waals surface area (Å²) in [5.41, 5.74) is 0. The van der Waals surface area contributed by atoms with E-state index in [1.54, 1.807) is 4.90 Å². The summed E-state index contributed by atoms with van der Waals surface area (Å²) in [5, 5.41) is 12.4. The summed E-state index contributed by atoms with van der Waals surface area (Å²) < 4.78 is 0. The lowest BCUT2D eigenvalue weighted by Crippen LogP contribution is -2.48. The molecule has 2 N–H and O–H groups in total. The third-order valence-corrected chi connectivity index (χ3v) is 3.59. The lowest BCUT2D eigenvalue weighted by Gasteiger charge is -2.30. The van der Waals surface area contributed by atoms with Gasteiger partial charge in [-0.15, -0.1) is 0 Å². The van der Waals surface area contributed by atoms with Crippen molar-refractivity contribution < 1.29 is 9.90 Å². The Morgan fingerprint density at radius 3 is 2.88 bits per heavy atom. The van der Waals surface area contributed by atoms with E-state index in [1.165, 1.54) is 12.8 Å². The van der Waals surface area contributed by atoms with Gasteiger partial charge in [-0.05, 0) is 32.7 Å². The molecule has 2 amide bonds. The van der Waals surface area contributed by atoms with E-state index in [1.807, 2.05) is 0 Å². The zero-order chi connectivity index (χ0) is 12.3. The number of rotatable bonds is 4. The fourth-order valence-electron chi connectivity index (χ4n) is 2.29. The molecule has 0 aromatic carbocycles. The predicted octanol–water partition coefficient (Wildman–Crippen LogP) is 0.247. The standard InChI is InChI=1S/C12H23N3O2/c1-14(10-4-5-10)8-6-13-12(17)15-7-2-3-11(16)9-15/h10-11,16H,2-9H2,1H3,(H,13,17). The number of piperidine rings is 1. The molecule has 98 valence electrons. The largest absolute Gasteiger partial charge is 0.391 e. The number of urea groups is 1. The van der Waals surface area contributed by atoms with E-state index < -0.39 is 0 Å². The van der Waals surface area contributed by atoms with E-state index >= 15 is 0 Å². The summed E-state index contributed by atoms with van der Waals surface area (Å²) >= 11 is 0. The monoisotopic (exact) mass is 241 g/mol. The summed E-state index contributed by atoms with van der Waals surface area (Å²) in [6, 6.07) is 0.705. The highest BCUT2D eigenvalue weighted by molar-refractivity contribution is 5.74. The van der Waals surface area contributed by atoms with Gasteiger partial charge in [0.1, 0.15) is 0 Å². The van der Waals surface area contributed by atoms with Gasteiger partial charge in [0, 0.05) is 32.2 Å². The van der Waals surface area contributed by atoms with Crippen LogP contribution in [0.15, 0.2) is 0 Å². The number of hydrogen-bond acceptors (Lipinski definition) is 3. The van der Waals surface area contributed by atoms with Crippen LogP contribution in [0.2, 0.25) is 0 Å². The van der Waals surface area contributed by atoms with Gasteiger partial charge in [-0.2, -0.15) is 0 Å². The molecule has 2 fully saturated rings. The lowest BCUT2D eigenvalue weighted by atomic mass is 10.1. The molecule has 1 aliphatic carbocycles. The predicted molar refractivity (Wildman–Crippen MR) is 65.9 cm³/mol. The van der Waals surface area contributed by atoms with Crippen molar-refractivity contribution in [2.75, 3.05) is 33.2 Å². The molecule has 0 aromatic rings. The van der Waals surface area contributed by atoms with Crippen LogP contribution in [0.25, 0.3) is 0 Å². The van der Waals surface area contributed by atoms with Gasteiger partial charge in [-0.3, -0.25) is 0 Å². The van der Waals surface area contributed by atoms with Crippen molar-refractivity contribution in [1.82, 2.24) is 15.1 Å². The molecule has 2 aliphatic rings. The minimum Gasteiger partial charge on any atom is -0.391 e. The first-order valence-electron chi connectivity index (χ1n) is 6.58. The Balaban J connectivity index is 1.62. The highest BCUT2D eigenvalue weighted by Crippen LogP contribution is 2.24. The molecule has 5 nitrogen and oxygen atoms in total. The zero-order valence-corrected chi connectivity index (χ0v) is 10.6. The van der Waals surface area contributed by atoms with Crippen molar-refractivity contribution in [3.8, 4) is 0 Å². The third kappa shape index (κ3) is 3.85. The van der Waals surface area contributed by atoms with E-state index in [9.17, 15) is 9.90 Å². The van der Waals surface area contributed by atoms with Gasteiger partial charge in [0.05, 0.1) is 6.10 Å². The van der Waals surface area contributed by atoms with Crippen LogP contribution < -0.4 is 5.32 Å². The average Bonchev–Trinajstić information content (AvgIpc) is 3.12. The molecule has 5 heteroatoms.